The van der Waals surface area contributed by atoms with Gasteiger partial charge in [-0.3, -0.25) is 9.20 Å². The lowest BCUT2D eigenvalue weighted by Crippen LogP contribution is -2.13. The summed E-state index contributed by atoms with van der Waals surface area (Å²) >= 11 is 1.41. The van der Waals surface area contributed by atoms with Gasteiger partial charge in [-0.05, 0) is 29.2 Å². The zero-order valence-corrected chi connectivity index (χ0v) is 18.1. The Balaban J connectivity index is 1.63. The number of hydrogen-bond acceptors (Lipinski definition) is 4. The van der Waals surface area contributed by atoms with Gasteiger partial charge in [0.1, 0.15) is 12.4 Å². The number of nitrogens with zero attached hydrogens (tertiary/aromatic N) is 2. The molecule has 4 aromatic rings. The van der Waals surface area contributed by atoms with Crippen LogP contribution in [0, 0.1) is 0 Å². The highest BCUT2D eigenvalue weighted by Gasteiger charge is 2.21. The van der Waals surface area contributed by atoms with Gasteiger partial charge < -0.3 is 9.84 Å². The Hall–Kier alpha value is -3.12. The third-order valence-corrected chi connectivity index (χ3v) is 5.85. The van der Waals surface area contributed by atoms with E-state index in [0.717, 1.165) is 38.0 Å². The number of hydrogen-bond donors (Lipinski definition) is 1. The standard InChI is InChI=1S/C24H24N2O3S/c1-24(2,3)19-11-17(9-10-21(19)29-15-16-7-5-4-6-8-16)20-14-26-13-18(12-22(27)28)30-23(26)25-20/h4-11,13-14H,12,15H2,1-3H3,(H,27,28). The molecule has 1 N–H and O–H groups in total. The van der Waals surface area contributed by atoms with Crippen LogP contribution in [0.4, 0.5) is 0 Å². The van der Waals surface area contributed by atoms with Crippen molar-refractivity contribution in [1.82, 2.24) is 9.38 Å². The lowest BCUT2D eigenvalue weighted by molar-refractivity contribution is -0.136. The summed E-state index contributed by atoms with van der Waals surface area (Å²) in [5.41, 5.74) is 4.05. The highest BCUT2D eigenvalue weighted by molar-refractivity contribution is 7.17. The molecule has 0 radical (unpaired) electrons. The molecule has 2 aromatic carbocycles. The molecule has 0 fully saturated rings. The minimum Gasteiger partial charge on any atom is -0.489 e. The average molecular weight is 421 g/mol. The minimum absolute atomic E-state index is 0.0188. The number of fused-ring (bicyclic) bond motifs is 1. The van der Waals surface area contributed by atoms with E-state index < -0.39 is 5.97 Å². The predicted molar refractivity (Wildman–Crippen MR) is 119 cm³/mol. The fraction of sp³-hybridized carbons (Fsp3) is 0.250. The van der Waals surface area contributed by atoms with Crippen LogP contribution >= 0.6 is 11.3 Å². The van der Waals surface area contributed by atoms with Crippen molar-refractivity contribution in [3.05, 3.63) is 76.9 Å². The highest BCUT2D eigenvalue weighted by atomic mass is 32.1. The lowest BCUT2D eigenvalue weighted by Gasteiger charge is -2.23. The fourth-order valence-electron chi connectivity index (χ4n) is 3.35. The van der Waals surface area contributed by atoms with Gasteiger partial charge in [0, 0.05) is 28.4 Å². The van der Waals surface area contributed by atoms with E-state index in [1.165, 1.54) is 11.3 Å². The van der Waals surface area contributed by atoms with E-state index in [4.69, 9.17) is 14.8 Å². The number of ether oxygens (including phenoxy) is 1. The van der Waals surface area contributed by atoms with Gasteiger partial charge in [-0.15, -0.1) is 11.3 Å². The first-order chi connectivity index (χ1) is 14.3. The Morgan fingerprint density at radius 1 is 1.13 bits per heavy atom. The van der Waals surface area contributed by atoms with Crippen LogP contribution in [0.25, 0.3) is 16.2 Å². The maximum Gasteiger partial charge on any atom is 0.308 e. The number of carboxylic acids is 1. The van der Waals surface area contributed by atoms with Gasteiger partial charge in [-0.1, -0.05) is 51.1 Å². The molecule has 30 heavy (non-hydrogen) atoms. The minimum atomic E-state index is -0.833. The monoisotopic (exact) mass is 420 g/mol. The molecule has 154 valence electrons. The van der Waals surface area contributed by atoms with Crippen LogP contribution in [0.1, 0.15) is 36.8 Å². The van der Waals surface area contributed by atoms with Crippen LogP contribution in [0.3, 0.4) is 0 Å². The van der Waals surface area contributed by atoms with E-state index in [0.29, 0.717) is 6.61 Å². The summed E-state index contributed by atoms with van der Waals surface area (Å²) in [5.74, 6) is 0.0421. The SMILES string of the molecule is CC(C)(C)c1cc(-c2cn3cc(CC(=O)O)sc3n2)ccc1OCc1ccccc1. The average Bonchev–Trinajstić information content (AvgIpc) is 3.24. The largest absolute Gasteiger partial charge is 0.489 e. The molecule has 0 aliphatic carbocycles. The number of thiazole rings is 1. The number of imidazole rings is 1. The van der Waals surface area contributed by atoms with Gasteiger partial charge in [0.15, 0.2) is 4.96 Å². The van der Waals surface area contributed by atoms with Gasteiger partial charge in [-0.25, -0.2) is 4.98 Å². The van der Waals surface area contributed by atoms with E-state index in [-0.39, 0.29) is 11.8 Å². The molecular weight excluding hydrogens is 396 g/mol. The van der Waals surface area contributed by atoms with Crippen molar-refractivity contribution in [2.75, 3.05) is 0 Å². The van der Waals surface area contributed by atoms with Crippen molar-refractivity contribution in [2.45, 2.75) is 39.2 Å². The van der Waals surface area contributed by atoms with E-state index in [2.05, 4.69) is 39.0 Å². The number of rotatable bonds is 6. The maximum absolute atomic E-state index is 10.9. The van der Waals surface area contributed by atoms with E-state index in [1.54, 1.807) is 0 Å². The van der Waals surface area contributed by atoms with Crippen LogP contribution in [-0.2, 0) is 23.2 Å². The quantitative estimate of drug-likeness (QED) is 0.443. The van der Waals surface area contributed by atoms with Crippen molar-refractivity contribution < 1.29 is 14.6 Å². The first-order valence-corrected chi connectivity index (χ1v) is 10.6. The van der Waals surface area contributed by atoms with Gasteiger partial charge in [0.25, 0.3) is 0 Å². The molecule has 0 aliphatic rings. The van der Waals surface area contributed by atoms with E-state index >= 15 is 0 Å². The molecule has 0 amide bonds. The number of carboxylic acid groups (broad SMARTS) is 1. The Morgan fingerprint density at radius 3 is 2.57 bits per heavy atom. The third kappa shape index (κ3) is 4.39. The normalized spacial score (nSPS) is 11.7. The summed E-state index contributed by atoms with van der Waals surface area (Å²) in [6, 6.07) is 16.3. The van der Waals surface area contributed by atoms with Gasteiger partial charge >= 0.3 is 5.97 Å². The second-order valence-electron chi connectivity index (χ2n) is 8.32. The number of benzene rings is 2. The molecule has 0 atom stereocenters. The molecule has 2 heterocycles. The number of aromatic nitrogens is 2. The first-order valence-electron chi connectivity index (χ1n) is 9.80. The molecule has 6 heteroatoms. The second kappa shape index (κ2) is 7.95. The number of carbonyl (C=O) groups is 1. The Labute approximate surface area is 179 Å². The number of aliphatic carboxylic acids is 1. The van der Waals surface area contributed by atoms with Crippen molar-refractivity contribution >= 4 is 22.3 Å². The summed E-state index contributed by atoms with van der Waals surface area (Å²) in [6.45, 7) is 7.04. The molecular formula is C24H24N2O3S. The molecule has 4 rings (SSSR count). The van der Waals surface area contributed by atoms with Crippen LogP contribution in [-0.4, -0.2) is 20.5 Å². The summed E-state index contributed by atoms with van der Waals surface area (Å²) < 4.78 is 8.06. The highest BCUT2D eigenvalue weighted by Crippen LogP contribution is 2.36. The van der Waals surface area contributed by atoms with E-state index in [9.17, 15) is 4.79 Å². The predicted octanol–water partition coefficient (Wildman–Crippen LogP) is 5.57. The summed E-state index contributed by atoms with van der Waals surface area (Å²) in [5, 5.41) is 8.98. The van der Waals surface area contributed by atoms with Gasteiger partial charge in [0.2, 0.25) is 0 Å². The zero-order chi connectivity index (χ0) is 21.3. The van der Waals surface area contributed by atoms with E-state index in [1.807, 2.05) is 47.1 Å². The summed E-state index contributed by atoms with van der Waals surface area (Å²) in [4.78, 5) is 17.2. The lowest BCUT2D eigenvalue weighted by atomic mass is 9.85. The van der Waals surface area contributed by atoms with Crippen molar-refractivity contribution in [1.29, 1.82) is 0 Å². The molecule has 0 bridgehead atoms. The molecule has 0 spiro atoms. The molecule has 0 aliphatic heterocycles. The molecule has 2 aromatic heterocycles. The summed E-state index contributed by atoms with van der Waals surface area (Å²) in [6.07, 6.45) is 3.81. The smallest absolute Gasteiger partial charge is 0.308 e. The molecule has 5 nitrogen and oxygen atoms in total. The van der Waals surface area contributed by atoms with Crippen LogP contribution in [0.2, 0.25) is 0 Å². The van der Waals surface area contributed by atoms with Crippen LogP contribution in [0.15, 0.2) is 60.9 Å². The van der Waals surface area contributed by atoms with Crippen molar-refractivity contribution in [2.24, 2.45) is 0 Å². The van der Waals surface area contributed by atoms with Crippen LogP contribution < -0.4 is 4.74 Å². The van der Waals surface area contributed by atoms with Crippen LogP contribution in [0.5, 0.6) is 5.75 Å². The van der Waals surface area contributed by atoms with Gasteiger partial charge in [0.05, 0.1) is 12.1 Å². The molecule has 0 unspecified atom stereocenters. The zero-order valence-electron chi connectivity index (χ0n) is 17.3. The fourth-order valence-corrected chi connectivity index (χ4v) is 4.30. The Bertz CT molecular complexity index is 1150. The van der Waals surface area contributed by atoms with Crippen molar-refractivity contribution in [3.63, 3.8) is 0 Å². The molecule has 0 saturated carbocycles. The van der Waals surface area contributed by atoms with Gasteiger partial charge in [-0.2, -0.15) is 0 Å². The first kappa shape index (κ1) is 20.2. The Morgan fingerprint density at radius 2 is 1.90 bits per heavy atom. The topological polar surface area (TPSA) is 63.8 Å². The van der Waals surface area contributed by atoms with Crippen molar-refractivity contribution in [3.8, 4) is 17.0 Å². The second-order valence-corrected chi connectivity index (χ2v) is 9.41. The third-order valence-electron chi connectivity index (χ3n) is 4.85. The maximum atomic E-state index is 10.9. The molecule has 0 saturated heterocycles. The Kier molecular flexibility index (Phi) is 5.35. The summed E-state index contributed by atoms with van der Waals surface area (Å²) in [7, 11) is 0.